The van der Waals surface area contributed by atoms with Crippen LogP contribution in [0.1, 0.15) is 31.5 Å². The highest BCUT2D eigenvalue weighted by Gasteiger charge is 2.25. The van der Waals surface area contributed by atoms with Crippen molar-refractivity contribution in [3.05, 3.63) is 16.4 Å². The summed E-state index contributed by atoms with van der Waals surface area (Å²) in [6.45, 7) is 9.56. The van der Waals surface area contributed by atoms with Gasteiger partial charge in [0, 0.05) is 44.3 Å². The van der Waals surface area contributed by atoms with E-state index in [2.05, 4.69) is 29.2 Å². The molecule has 0 bridgehead atoms. The van der Waals surface area contributed by atoms with Crippen LogP contribution in [0.2, 0.25) is 5.15 Å². The number of hydrogen-bond donors (Lipinski definition) is 1. The fraction of sp³-hybridized carbons (Fsp3) is 0.769. The van der Waals surface area contributed by atoms with E-state index in [-0.39, 0.29) is 0 Å². The minimum Gasteiger partial charge on any atom is -0.311 e. The van der Waals surface area contributed by atoms with Gasteiger partial charge in [0.25, 0.3) is 0 Å². The third kappa shape index (κ3) is 2.71. The number of aryl methyl sites for hydroxylation is 2. The van der Waals surface area contributed by atoms with Crippen LogP contribution >= 0.6 is 11.6 Å². The lowest BCUT2D eigenvalue weighted by molar-refractivity contribution is 0.131. The highest BCUT2D eigenvalue weighted by atomic mass is 35.5. The standard InChI is InChI=1S/C13H23ClN4/c1-5-11-7-18(9(2)6-15-11)8-12-10(3)16-17(4)13(12)14/h9,11,15H,5-8H2,1-4H3. The Balaban J connectivity index is 2.11. The van der Waals surface area contributed by atoms with Gasteiger partial charge < -0.3 is 5.32 Å². The van der Waals surface area contributed by atoms with Crippen molar-refractivity contribution in [1.29, 1.82) is 0 Å². The Labute approximate surface area is 114 Å². The summed E-state index contributed by atoms with van der Waals surface area (Å²) < 4.78 is 1.76. The molecule has 4 nitrogen and oxygen atoms in total. The minimum absolute atomic E-state index is 0.545. The van der Waals surface area contributed by atoms with Gasteiger partial charge in [-0.05, 0) is 20.3 Å². The molecule has 1 aromatic rings. The Kier molecular flexibility index (Phi) is 4.30. The maximum atomic E-state index is 6.31. The van der Waals surface area contributed by atoms with Crippen LogP contribution in [-0.4, -0.2) is 39.9 Å². The summed E-state index contributed by atoms with van der Waals surface area (Å²) in [6, 6.07) is 1.14. The highest BCUT2D eigenvalue weighted by Crippen LogP contribution is 2.22. The largest absolute Gasteiger partial charge is 0.311 e. The molecule has 0 aromatic carbocycles. The molecule has 2 rings (SSSR count). The monoisotopic (exact) mass is 270 g/mol. The molecule has 0 saturated carbocycles. The highest BCUT2D eigenvalue weighted by molar-refractivity contribution is 6.30. The van der Waals surface area contributed by atoms with Gasteiger partial charge in [0.1, 0.15) is 5.15 Å². The molecule has 1 fully saturated rings. The van der Waals surface area contributed by atoms with Gasteiger partial charge in [0.05, 0.1) is 5.69 Å². The number of piperazine rings is 1. The molecule has 1 aliphatic heterocycles. The van der Waals surface area contributed by atoms with Gasteiger partial charge in [-0.2, -0.15) is 5.10 Å². The van der Waals surface area contributed by atoms with Crippen LogP contribution in [0.3, 0.4) is 0 Å². The second kappa shape index (κ2) is 5.59. The van der Waals surface area contributed by atoms with Crippen molar-refractivity contribution in [3.8, 4) is 0 Å². The van der Waals surface area contributed by atoms with Crippen molar-refractivity contribution in [1.82, 2.24) is 20.0 Å². The normalized spacial score (nSPS) is 25.6. The maximum Gasteiger partial charge on any atom is 0.131 e. The molecule has 1 aliphatic rings. The van der Waals surface area contributed by atoms with Gasteiger partial charge in [0.15, 0.2) is 0 Å². The van der Waals surface area contributed by atoms with Crippen LogP contribution in [0.5, 0.6) is 0 Å². The fourth-order valence-electron chi connectivity index (χ4n) is 2.54. The summed E-state index contributed by atoms with van der Waals surface area (Å²) in [5.41, 5.74) is 2.21. The Morgan fingerprint density at radius 2 is 2.22 bits per heavy atom. The van der Waals surface area contributed by atoms with Crippen molar-refractivity contribution in [3.63, 3.8) is 0 Å². The van der Waals surface area contributed by atoms with Crippen LogP contribution in [-0.2, 0) is 13.6 Å². The lowest BCUT2D eigenvalue weighted by atomic mass is 10.1. The first-order chi connectivity index (χ1) is 8.52. The first-order valence-corrected chi connectivity index (χ1v) is 7.06. The first-order valence-electron chi connectivity index (χ1n) is 6.68. The van der Waals surface area contributed by atoms with Gasteiger partial charge in [-0.15, -0.1) is 0 Å². The van der Waals surface area contributed by atoms with Crippen molar-refractivity contribution < 1.29 is 0 Å². The van der Waals surface area contributed by atoms with E-state index in [4.69, 9.17) is 11.6 Å². The summed E-state index contributed by atoms with van der Waals surface area (Å²) >= 11 is 6.31. The molecule has 102 valence electrons. The van der Waals surface area contributed by atoms with E-state index in [9.17, 15) is 0 Å². The zero-order valence-corrected chi connectivity index (χ0v) is 12.5. The van der Waals surface area contributed by atoms with Crippen LogP contribution in [0.25, 0.3) is 0 Å². The van der Waals surface area contributed by atoms with E-state index in [1.165, 1.54) is 12.0 Å². The molecule has 0 amide bonds. The molecule has 2 unspecified atom stereocenters. The fourth-order valence-corrected chi connectivity index (χ4v) is 2.78. The lowest BCUT2D eigenvalue weighted by Gasteiger charge is -2.38. The number of rotatable bonds is 3. The molecule has 1 saturated heterocycles. The third-order valence-electron chi connectivity index (χ3n) is 3.90. The van der Waals surface area contributed by atoms with Gasteiger partial charge in [-0.1, -0.05) is 18.5 Å². The molecule has 0 aliphatic carbocycles. The molecule has 0 radical (unpaired) electrons. The van der Waals surface area contributed by atoms with E-state index < -0.39 is 0 Å². The lowest BCUT2D eigenvalue weighted by Crippen LogP contribution is -2.54. The van der Waals surface area contributed by atoms with Gasteiger partial charge in [-0.3, -0.25) is 9.58 Å². The van der Waals surface area contributed by atoms with E-state index in [1.54, 1.807) is 4.68 Å². The quantitative estimate of drug-likeness (QED) is 0.912. The number of nitrogens with zero attached hydrogens (tertiary/aromatic N) is 3. The minimum atomic E-state index is 0.545. The molecule has 2 atom stereocenters. The second-order valence-corrected chi connectivity index (χ2v) is 5.63. The van der Waals surface area contributed by atoms with Gasteiger partial charge >= 0.3 is 0 Å². The number of halogens is 1. The van der Waals surface area contributed by atoms with Crippen LogP contribution < -0.4 is 5.32 Å². The van der Waals surface area contributed by atoms with Crippen molar-refractivity contribution in [2.24, 2.45) is 7.05 Å². The molecular weight excluding hydrogens is 248 g/mol. The van der Waals surface area contributed by atoms with Gasteiger partial charge in [-0.25, -0.2) is 0 Å². The molecule has 0 spiro atoms. The topological polar surface area (TPSA) is 33.1 Å². The second-order valence-electron chi connectivity index (χ2n) is 5.27. The Morgan fingerprint density at radius 3 is 2.78 bits per heavy atom. The number of hydrogen-bond acceptors (Lipinski definition) is 3. The zero-order valence-electron chi connectivity index (χ0n) is 11.7. The first kappa shape index (κ1) is 13.8. The number of nitrogens with one attached hydrogen (secondary N) is 1. The van der Waals surface area contributed by atoms with E-state index in [0.29, 0.717) is 12.1 Å². The molecule has 1 aromatic heterocycles. The average molecular weight is 271 g/mol. The predicted molar refractivity (Wildman–Crippen MR) is 74.9 cm³/mol. The van der Waals surface area contributed by atoms with Crippen molar-refractivity contribution in [2.75, 3.05) is 13.1 Å². The summed E-state index contributed by atoms with van der Waals surface area (Å²) in [7, 11) is 1.90. The van der Waals surface area contributed by atoms with Crippen LogP contribution in [0, 0.1) is 6.92 Å². The molecule has 5 heteroatoms. The van der Waals surface area contributed by atoms with Crippen molar-refractivity contribution in [2.45, 2.75) is 45.8 Å². The molecular formula is C13H23ClN4. The van der Waals surface area contributed by atoms with E-state index in [1.807, 2.05) is 14.0 Å². The Hall–Kier alpha value is -0.580. The maximum absolute atomic E-state index is 6.31. The summed E-state index contributed by atoms with van der Waals surface area (Å²) in [4.78, 5) is 2.50. The smallest absolute Gasteiger partial charge is 0.131 e. The van der Waals surface area contributed by atoms with Crippen LogP contribution in [0.4, 0.5) is 0 Å². The summed E-state index contributed by atoms with van der Waals surface area (Å²) in [6.07, 6.45) is 1.17. The summed E-state index contributed by atoms with van der Waals surface area (Å²) in [5.74, 6) is 0. The Bertz CT molecular complexity index is 415. The zero-order chi connectivity index (χ0) is 13.3. The molecule has 2 heterocycles. The number of aromatic nitrogens is 2. The van der Waals surface area contributed by atoms with E-state index >= 15 is 0 Å². The van der Waals surface area contributed by atoms with Gasteiger partial charge in [0.2, 0.25) is 0 Å². The third-order valence-corrected chi connectivity index (χ3v) is 4.38. The molecule has 1 N–H and O–H groups in total. The average Bonchev–Trinajstić information content (AvgIpc) is 2.58. The molecule has 18 heavy (non-hydrogen) atoms. The Morgan fingerprint density at radius 1 is 1.50 bits per heavy atom. The van der Waals surface area contributed by atoms with Crippen LogP contribution in [0.15, 0.2) is 0 Å². The van der Waals surface area contributed by atoms with Crippen molar-refractivity contribution >= 4 is 11.6 Å². The predicted octanol–water partition coefficient (Wildman–Crippen LogP) is 1.95. The summed E-state index contributed by atoms with van der Waals surface area (Å²) in [5, 5.41) is 8.73. The van der Waals surface area contributed by atoms with E-state index in [0.717, 1.165) is 30.5 Å². The SMILES string of the molecule is CCC1CN(Cc2c(C)nn(C)c2Cl)C(C)CN1.